The van der Waals surface area contributed by atoms with Gasteiger partial charge in [0.15, 0.2) is 0 Å². The van der Waals surface area contributed by atoms with Gasteiger partial charge < -0.3 is 14.8 Å². The van der Waals surface area contributed by atoms with E-state index in [1.54, 1.807) is 17.1 Å². The van der Waals surface area contributed by atoms with Crippen molar-refractivity contribution in [2.24, 2.45) is 5.92 Å². The lowest BCUT2D eigenvalue weighted by Crippen LogP contribution is -2.42. The number of hydrogen-bond acceptors (Lipinski definition) is 4. The molecular formula is C16H26ClN3O3. The van der Waals surface area contributed by atoms with Gasteiger partial charge in [0, 0.05) is 11.8 Å². The quantitative estimate of drug-likeness (QED) is 0.734. The van der Waals surface area contributed by atoms with Crippen LogP contribution in [-0.4, -0.2) is 40.5 Å². The Bertz CT molecular complexity index is 539. The molecule has 1 heterocycles. The molecule has 0 unspecified atom stereocenters. The van der Waals surface area contributed by atoms with Crippen molar-refractivity contribution < 1.29 is 14.3 Å². The Kier molecular flexibility index (Phi) is 7.42. The highest BCUT2D eigenvalue weighted by Crippen LogP contribution is 2.19. The first-order valence-corrected chi connectivity index (χ1v) is 8.16. The topological polar surface area (TPSA) is 65.4 Å². The van der Waals surface area contributed by atoms with E-state index in [0.717, 1.165) is 5.56 Å². The van der Waals surface area contributed by atoms with Gasteiger partial charge in [-0.25, -0.2) is 9.48 Å². The highest BCUT2D eigenvalue weighted by atomic mass is 35.5. The molecule has 1 N–H and O–H groups in total. The zero-order chi connectivity index (χ0) is 17.5. The number of carbonyl (C=O) groups is 1. The van der Waals surface area contributed by atoms with Gasteiger partial charge in [-0.1, -0.05) is 13.8 Å². The van der Waals surface area contributed by atoms with E-state index < -0.39 is 11.6 Å². The number of alkyl carbamates (subject to hydrolysis) is 1. The number of hydrogen-bond donors (Lipinski definition) is 1. The van der Waals surface area contributed by atoms with Gasteiger partial charge in [-0.3, -0.25) is 0 Å². The smallest absolute Gasteiger partial charge is 0.407 e. The standard InChI is InChI=1S/C16H26ClN3O3/c1-12(2)11-23-14-13(3)10-18-20(14)8-6-16(4,5)19-15(21)22-9-7-17/h6,8,10,12H,7,9,11H2,1-5H3,(H,19,21)/b8-6+. The molecule has 0 spiro atoms. The van der Waals surface area contributed by atoms with Gasteiger partial charge in [-0.2, -0.15) is 5.10 Å². The van der Waals surface area contributed by atoms with E-state index >= 15 is 0 Å². The number of aryl methyl sites for hydroxylation is 1. The lowest BCUT2D eigenvalue weighted by molar-refractivity contribution is 0.146. The van der Waals surface area contributed by atoms with E-state index in [2.05, 4.69) is 24.3 Å². The molecule has 1 aromatic rings. The van der Waals surface area contributed by atoms with Crippen LogP contribution in [0.15, 0.2) is 12.3 Å². The maximum absolute atomic E-state index is 11.6. The molecular weight excluding hydrogens is 318 g/mol. The fourth-order valence-corrected chi connectivity index (χ4v) is 1.78. The molecule has 1 amide bonds. The summed E-state index contributed by atoms with van der Waals surface area (Å²) in [6.45, 7) is 10.6. The summed E-state index contributed by atoms with van der Waals surface area (Å²) in [4.78, 5) is 11.6. The van der Waals surface area contributed by atoms with Crippen molar-refractivity contribution in [2.45, 2.75) is 40.2 Å². The summed E-state index contributed by atoms with van der Waals surface area (Å²) in [5, 5.41) is 7.02. The van der Waals surface area contributed by atoms with Crippen LogP contribution in [0.2, 0.25) is 0 Å². The van der Waals surface area contributed by atoms with Gasteiger partial charge in [0.05, 0.1) is 24.2 Å². The normalized spacial score (nSPS) is 12.0. The number of aromatic nitrogens is 2. The largest absolute Gasteiger partial charge is 0.477 e. The Balaban J connectivity index is 2.73. The second-order valence-electron chi connectivity index (χ2n) is 6.27. The number of carbonyl (C=O) groups excluding carboxylic acids is 1. The van der Waals surface area contributed by atoms with Crippen molar-refractivity contribution in [1.29, 1.82) is 0 Å². The molecule has 7 heteroatoms. The van der Waals surface area contributed by atoms with Gasteiger partial charge in [-0.05, 0) is 32.8 Å². The molecule has 0 aliphatic rings. The van der Waals surface area contributed by atoms with Crippen molar-refractivity contribution in [3.63, 3.8) is 0 Å². The fraction of sp³-hybridized carbons (Fsp3) is 0.625. The third-order valence-corrected chi connectivity index (χ3v) is 3.00. The monoisotopic (exact) mass is 343 g/mol. The molecule has 0 saturated heterocycles. The van der Waals surface area contributed by atoms with Crippen molar-refractivity contribution in [3.05, 3.63) is 17.8 Å². The average molecular weight is 344 g/mol. The number of rotatable bonds is 8. The molecule has 0 atom stereocenters. The molecule has 0 aliphatic heterocycles. The minimum atomic E-state index is -0.599. The minimum Gasteiger partial charge on any atom is -0.477 e. The maximum atomic E-state index is 11.6. The summed E-state index contributed by atoms with van der Waals surface area (Å²) < 4.78 is 12.4. The Morgan fingerprint density at radius 1 is 1.52 bits per heavy atom. The van der Waals surface area contributed by atoms with Crippen LogP contribution >= 0.6 is 11.6 Å². The minimum absolute atomic E-state index is 0.179. The van der Waals surface area contributed by atoms with E-state index in [4.69, 9.17) is 21.1 Å². The molecule has 0 aliphatic carbocycles. The molecule has 6 nitrogen and oxygen atoms in total. The Hall–Kier alpha value is -1.69. The number of ether oxygens (including phenoxy) is 2. The van der Waals surface area contributed by atoms with E-state index in [1.807, 2.05) is 26.8 Å². The van der Waals surface area contributed by atoms with Crippen LogP contribution in [0.5, 0.6) is 5.88 Å². The molecule has 130 valence electrons. The number of alkyl halides is 1. The lowest BCUT2D eigenvalue weighted by Gasteiger charge is -2.21. The predicted molar refractivity (Wildman–Crippen MR) is 91.9 cm³/mol. The summed E-state index contributed by atoms with van der Waals surface area (Å²) in [7, 11) is 0. The van der Waals surface area contributed by atoms with Crippen molar-refractivity contribution in [2.75, 3.05) is 19.1 Å². The number of nitrogens with zero attached hydrogens (tertiary/aromatic N) is 2. The second kappa shape index (κ2) is 8.82. The zero-order valence-electron chi connectivity index (χ0n) is 14.4. The average Bonchev–Trinajstić information content (AvgIpc) is 2.80. The van der Waals surface area contributed by atoms with Crippen LogP contribution in [0, 0.1) is 12.8 Å². The van der Waals surface area contributed by atoms with Crippen LogP contribution in [0.3, 0.4) is 0 Å². The highest BCUT2D eigenvalue weighted by Gasteiger charge is 2.18. The molecule has 23 heavy (non-hydrogen) atoms. The first-order valence-electron chi connectivity index (χ1n) is 7.62. The second-order valence-corrected chi connectivity index (χ2v) is 6.65. The van der Waals surface area contributed by atoms with Gasteiger partial charge >= 0.3 is 6.09 Å². The van der Waals surface area contributed by atoms with E-state index in [9.17, 15) is 4.79 Å². The van der Waals surface area contributed by atoms with E-state index in [1.165, 1.54) is 0 Å². The summed E-state index contributed by atoms with van der Waals surface area (Å²) >= 11 is 5.49. The molecule has 0 aromatic carbocycles. The van der Waals surface area contributed by atoms with Gasteiger partial charge in [-0.15, -0.1) is 11.6 Å². The zero-order valence-corrected chi connectivity index (χ0v) is 15.2. The van der Waals surface area contributed by atoms with Gasteiger partial charge in [0.25, 0.3) is 0 Å². The Labute approximate surface area is 142 Å². The molecule has 0 saturated carbocycles. The van der Waals surface area contributed by atoms with Crippen LogP contribution < -0.4 is 10.1 Å². The highest BCUT2D eigenvalue weighted by molar-refractivity contribution is 6.18. The number of amides is 1. The Morgan fingerprint density at radius 2 is 2.22 bits per heavy atom. The third kappa shape index (κ3) is 6.95. The van der Waals surface area contributed by atoms with Gasteiger partial charge in [0.1, 0.15) is 6.61 Å². The van der Waals surface area contributed by atoms with Crippen LogP contribution in [-0.2, 0) is 4.74 Å². The first-order chi connectivity index (χ1) is 10.7. The fourth-order valence-electron chi connectivity index (χ4n) is 1.70. The van der Waals surface area contributed by atoms with Crippen molar-refractivity contribution >= 4 is 23.9 Å². The third-order valence-electron chi connectivity index (χ3n) is 2.84. The molecule has 0 fully saturated rings. The Morgan fingerprint density at radius 3 is 2.83 bits per heavy atom. The molecule has 0 radical (unpaired) electrons. The SMILES string of the molecule is Cc1cnn(/C=C/C(C)(C)NC(=O)OCCCl)c1OCC(C)C. The summed E-state index contributed by atoms with van der Waals surface area (Å²) in [5.41, 5.74) is 0.362. The number of nitrogens with one attached hydrogen (secondary N) is 1. The molecule has 1 aromatic heterocycles. The van der Waals surface area contributed by atoms with Gasteiger partial charge in [0.2, 0.25) is 5.88 Å². The summed E-state index contributed by atoms with van der Waals surface area (Å²) in [5.74, 6) is 1.40. The van der Waals surface area contributed by atoms with E-state index in [0.29, 0.717) is 18.4 Å². The summed E-state index contributed by atoms with van der Waals surface area (Å²) in [6.07, 6.45) is 4.83. The summed E-state index contributed by atoms with van der Waals surface area (Å²) in [6, 6.07) is 0. The van der Waals surface area contributed by atoms with Crippen LogP contribution in [0.25, 0.3) is 6.20 Å². The van der Waals surface area contributed by atoms with Crippen molar-refractivity contribution in [1.82, 2.24) is 15.1 Å². The lowest BCUT2D eigenvalue weighted by atomic mass is 10.1. The van der Waals surface area contributed by atoms with E-state index in [-0.39, 0.29) is 12.5 Å². The molecule has 1 rings (SSSR count). The van der Waals surface area contributed by atoms with Crippen LogP contribution in [0.1, 0.15) is 33.3 Å². The molecule has 0 bridgehead atoms. The predicted octanol–water partition coefficient (Wildman–Crippen LogP) is 3.44. The maximum Gasteiger partial charge on any atom is 0.407 e. The van der Waals surface area contributed by atoms with Crippen LogP contribution in [0.4, 0.5) is 4.79 Å². The van der Waals surface area contributed by atoms with Crippen molar-refractivity contribution in [3.8, 4) is 5.88 Å². The first kappa shape index (κ1) is 19.4. The number of halogens is 1.